The molecule has 1 aliphatic heterocycles. The van der Waals surface area contributed by atoms with E-state index in [2.05, 4.69) is 41.9 Å². The van der Waals surface area contributed by atoms with Crippen LogP contribution in [0.2, 0.25) is 0 Å². The Morgan fingerprint density at radius 2 is 0.639 bits per heavy atom. The molecule has 0 amide bonds. The lowest BCUT2D eigenvalue weighted by atomic mass is 10.0. The number of ether oxygens (including phenoxy) is 4. The Morgan fingerprint density at radius 1 is 0.389 bits per heavy atom. The molecule has 1 heterocycles. The van der Waals surface area contributed by atoms with Crippen LogP contribution in [0.5, 0.6) is 0 Å². The van der Waals surface area contributed by atoms with Gasteiger partial charge in [-0.25, -0.2) is 0 Å². The van der Waals surface area contributed by atoms with Gasteiger partial charge in [-0.1, -0.05) is 290 Å². The molecule has 0 spiro atoms. The van der Waals surface area contributed by atoms with Gasteiger partial charge in [0.2, 0.25) is 0 Å². The van der Waals surface area contributed by atoms with Crippen LogP contribution in [0, 0.1) is 0 Å². The van der Waals surface area contributed by atoms with E-state index in [0.717, 1.165) is 57.8 Å². The summed E-state index contributed by atoms with van der Waals surface area (Å²) in [4.78, 5) is 40.2. The summed E-state index contributed by atoms with van der Waals surface area (Å²) in [5.74, 6) is -0.805. The zero-order valence-corrected chi connectivity index (χ0v) is 49.6. The summed E-state index contributed by atoms with van der Waals surface area (Å²) in [7, 11) is 6.20. The number of hydrogen-bond acceptors (Lipinski definition) is 7. The average Bonchev–Trinajstić information content (AvgIpc) is 3.72. The van der Waals surface area contributed by atoms with Gasteiger partial charge in [0.25, 0.3) is 0 Å². The second kappa shape index (κ2) is 51.7. The van der Waals surface area contributed by atoms with E-state index in [9.17, 15) is 14.4 Å². The van der Waals surface area contributed by atoms with Gasteiger partial charge in [-0.3, -0.25) is 14.4 Å². The quantitative estimate of drug-likeness (QED) is 0.0259. The Hall–Kier alpha value is -1.38. The Kier molecular flexibility index (Phi) is 50.7. The van der Waals surface area contributed by atoms with E-state index < -0.39 is 24.4 Å². The maximum Gasteiger partial charge on any atom is 0.306 e. The number of carbonyl (C=O) groups excluding carboxylic acids is 3. The fourth-order valence-corrected chi connectivity index (χ4v) is 10.5. The molecule has 8 nitrogen and oxygen atoms in total. The van der Waals surface area contributed by atoms with Crippen molar-refractivity contribution in [3.05, 3.63) is 0 Å². The predicted octanol–water partition coefficient (Wildman–Crippen LogP) is 15.6. The van der Waals surface area contributed by atoms with E-state index >= 15 is 0 Å². The van der Waals surface area contributed by atoms with Crippen molar-refractivity contribution >= 4 is 17.9 Å². The lowest BCUT2D eigenvalue weighted by Crippen LogP contribution is -3.00. The maximum atomic E-state index is 13.5. The van der Waals surface area contributed by atoms with Crippen molar-refractivity contribution in [2.75, 3.05) is 34.3 Å². The highest BCUT2D eigenvalue weighted by molar-refractivity contribution is 5.71. The van der Waals surface area contributed by atoms with Gasteiger partial charge < -0.3 is 35.8 Å². The zero-order valence-electron chi connectivity index (χ0n) is 48.8. The summed E-state index contributed by atoms with van der Waals surface area (Å²) in [5, 5.41) is 0. The third-order valence-electron chi connectivity index (χ3n) is 15.0. The van der Waals surface area contributed by atoms with Crippen LogP contribution in [0.4, 0.5) is 0 Å². The van der Waals surface area contributed by atoms with Crippen molar-refractivity contribution in [2.45, 2.75) is 353 Å². The van der Waals surface area contributed by atoms with Crippen LogP contribution in [0.1, 0.15) is 329 Å². The first kappa shape index (κ1) is 70.6. The molecule has 0 N–H and O–H groups in total. The zero-order chi connectivity index (χ0) is 51.7. The van der Waals surface area contributed by atoms with Crippen LogP contribution in [0.15, 0.2) is 0 Å². The first-order chi connectivity index (χ1) is 34.6. The summed E-state index contributed by atoms with van der Waals surface area (Å²) < 4.78 is 25.4. The van der Waals surface area contributed by atoms with Crippen LogP contribution < -0.4 is 12.4 Å². The number of quaternary nitrogens is 1. The van der Waals surface area contributed by atoms with Gasteiger partial charge in [-0.2, -0.15) is 0 Å². The molecule has 1 fully saturated rings. The minimum absolute atomic E-state index is 0. The van der Waals surface area contributed by atoms with Crippen molar-refractivity contribution < 1.29 is 50.2 Å². The number of rotatable bonds is 54. The molecule has 428 valence electrons. The van der Waals surface area contributed by atoms with E-state index in [0.29, 0.717) is 30.3 Å². The summed E-state index contributed by atoms with van der Waals surface area (Å²) >= 11 is 0. The lowest BCUT2D eigenvalue weighted by Gasteiger charge is -2.33. The molecule has 0 aromatic carbocycles. The Labute approximate surface area is 453 Å². The molecule has 0 saturated carbocycles. The number of unbranched alkanes of at least 4 members (excludes halogenated alkanes) is 42. The number of carbonyl (C=O) groups is 3. The standard InChI is InChI=1S/C63H122NO7.ClH/c1-7-10-13-16-19-22-25-28-31-34-37-40-43-46-49-52-59(65)69-57(55-64(4,5)6)62-63(71-61(67)54-51-48-45-42-39-36-33-30-27-24-21-18-15-12-9-3)58(56-68-62)70-60(66)53-50-47-44-41-38-35-32-29-26-23-20-17-14-11-8-2;/h57-58,62-63H,7-56H2,1-6H3;1H/q+1;/p-1/t57-,58+,62-,63-;/m1./s1. The topological polar surface area (TPSA) is 88.1 Å². The fraction of sp³-hybridized carbons (Fsp3) is 0.952. The van der Waals surface area contributed by atoms with Gasteiger partial charge >= 0.3 is 17.9 Å². The minimum Gasteiger partial charge on any atom is -1.00 e. The number of nitrogens with zero attached hydrogens (tertiary/aromatic N) is 1. The second-order valence-electron chi connectivity index (χ2n) is 23.4. The monoisotopic (exact) mass is 1040 g/mol. The first-order valence-corrected chi connectivity index (χ1v) is 31.6. The van der Waals surface area contributed by atoms with Crippen LogP contribution >= 0.6 is 0 Å². The van der Waals surface area contributed by atoms with Crippen LogP contribution in [0.3, 0.4) is 0 Å². The molecule has 0 unspecified atom stereocenters. The molecule has 1 saturated heterocycles. The van der Waals surface area contributed by atoms with Gasteiger partial charge in [-0.15, -0.1) is 0 Å². The predicted molar refractivity (Wildman–Crippen MR) is 301 cm³/mol. The van der Waals surface area contributed by atoms with Gasteiger partial charge in [0, 0.05) is 19.3 Å². The van der Waals surface area contributed by atoms with E-state index in [4.69, 9.17) is 18.9 Å². The van der Waals surface area contributed by atoms with Gasteiger partial charge in [0.1, 0.15) is 12.6 Å². The van der Waals surface area contributed by atoms with Gasteiger partial charge in [0.05, 0.1) is 27.7 Å². The molecule has 0 aromatic rings. The Balaban J connectivity index is 0.0000504. The Morgan fingerprint density at radius 3 is 0.917 bits per heavy atom. The van der Waals surface area contributed by atoms with E-state index in [1.54, 1.807) is 0 Å². The highest BCUT2D eigenvalue weighted by Gasteiger charge is 2.49. The summed E-state index contributed by atoms with van der Waals surface area (Å²) in [5.41, 5.74) is 0. The van der Waals surface area contributed by atoms with Crippen molar-refractivity contribution in [1.29, 1.82) is 0 Å². The third kappa shape index (κ3) is 44.9. The van der Waals surface area contributed by atoms with Gasteiger partial charge in [-0.05, 0) is 19.3 Å². The van der Waals surface area contributed by atoms with E-state index in [1.165, 1.54) is 231 Å². The molecule has 1 aliphatic rings. The maximum absolute atomic E-state index is 13.5. The Bertz CT molecular complexity index is 1200. The highest BCUT2D eigenvalue weighted by Crippen LogP contribution is 2.28. The SMILES string of the molecule is CCCCCCCCCCCCCCCCCC(=O)O[C@H]1[C@@H]([C@@H](C[N+](C)(C)C)OC(=O)CCCCCCCCCCCCCCCCC)OC[C@@H]1OC(=O)CCCCCCCCCCCCCCCCC.[Cl-]. The molecule has 0 aliphatic carbocycles. The lowest BCUT2D eigenvalue weighted by molar-refractivity contribution is -0.873. The average molecular weight is 1040 g/mol. The number of esters is 3. The van der Waals surface area contributed by atoms with Crippen LogP contribution in [-0.2, 0) is 33.3 Å². The molecule has 1 rings (SSSR count). The van der Waals surface area contributed by atoms with Crippen molar-refractivity contribution in [2.24, 2.45) is 0 Å². The van der Waals surface area contributed by atoms with E-state index in [-0.39, 0.29) is 36.9 Å². The summed E-state index contributed by atoms with van der Waals surface area (Å²) in [6.07, 6.45) is 55.4. The number of hydrogen-bond donors (Lipinski definition) is 0. The molecular formula is C63H122ClNO7. The number of likely N-dealkylation sites (N-methyl/N-ethyl adjacent to an activating group) is 1. The van der Waals surface area contributed by atoms with Crippen molar-refractivity contribution in [1.82, 2.24) is 0 Å². The third-order valence-corrected chi connectivity index (χ3v) is 15.0. The molecule has 0 radical (unpaired) electrons. The minimum atomic E-state index is -0.820. The van der Waals surface area contributed by atoms with Crippen molar-refractivity contribution in [3.63, 3.8) is 0 Å². The molecular weight excluding hydrogens is 918 g/mol. The summed E-state index contributed by atoms with van der Waals surface area (Å²) in [6.45, 7) is 7.44. The van der Waals surface area contributed by atoms with Crippen molar-refractivity contribution in [3.8, 4) is 0 Å². The first-order valence-electron chi connectivity index (χ1n) is 31.6. The molecule has 72 heavy (non-hydrogen) atoms. The molecule has 4 atom stereocenters. The van der Waals surface area contributed by atoms with Crippen LogP contribution in [-0.4, -0.2) is 81.1 Å². The fourth-order valence-electron chi connectivity index (χ4n) is 10.5. The largest absolute Gasteiger partial charge is 1.00 e. The molecule has 9 heteroatoms. The molecule has 0 aromatic heterocycles. The smallest absolute Gasteiger partial charge is 0.306 e. The highest BCUT2D eigenvalue weighted by atomic mass is 35.5. The van der Waals surface area contributed by atoms with Gasteiger partial charge in [0.15, 0.2) is 18.3 Å². The van der Waals surface area contributed by atoms with Crippen LogP contribution in [0.25, 0.3) is 0 Å². The molecule has 0 bridgehead atoms. The second-order valence-corrected chi connectivity index (χ2v) is 23.4. The normalized spacial score (nSPS) is 16.2. The summed E-state index contributed by atoms with van der Waals surface area (Å²) in [6, 6.07) is 0. The number of halogens is 1. The van der Waals surface area contributed by atoms with E-state index in [1.807, 2.05) is 0 Å².